The summed E-state index contributed by atoms with van der Waals surface area (Å²) in [5.74, 6) is 1.41. The molecule has 1 aliphatic rings. The Kier molecular flexibility index (Phi) is 7.10. The highest BCUT2D eigenvalue weighted by atomic mass is 32.2. The van der Waals surface area contributed by atoms with Crippen LogP contribution >= 0.6 is 11.8 Å². The summed E-state index contributed by atoms with van der Waals surface area (Å²) in [5, 5.41) is 9.46. The Morgan fingerprint density at radius 3 is 2.67 bits per heavy atom. The van der Waals surface area contributed by atoms with Crippen LogP contribution in [0.25, 0.3) is 11.4 Å². The minimum Gasteiger partial charge on any atom is -0.339 e. The molecule has 0 saturated heterocycles. The fourth-order valence-electron chi connectivity index (χ4n) is 3.73. The summed E-state index contributed by atoms with van der Waals surface area (Å²) in [4.78, 5) is 14.9. The first-order chi connectivity index (χ1) is 13.2. The molecule has 27 heavy (non-hydrogen) atoms. The van der Waals surface area contributed by atoms with Gasteiger partial charge in [-0.25, -0.2) is 0 Å². The summed E-state index contributed by atoms with van der Waals surface area (Å²) in [6.45, 7) is 7.32. The van der Waals surface area contributed by atoms with Crippen LogP contribution in [-0.4, -0.2) is 43.9 Å². The Balaban J connectivity index is 1.70. The van der Waals surface area contributed by atoms with Crippen molar-refractivity contribution in [2.75, 3.05) is 12.3 Å². The van der Waals surface area contributed by atoms with E-state index >= 15 is 0 Å². The third-order valence-electron chi connectivity index (χ3n) is 5.06. The lowest BCUT2D eigenvalue weighted by Gasteiger charge is -2.33. The van der Waals surface area contributed by atoms with Crippen molar-refractivity contribution < 1.29 is 4.79 Å². The van der Waals surface area contributed by atoms with Crippen molar-refractivity contribution in [2.24, 2.45) is 0 Å². The minimum absolute atomic E-state index is 0.198. The molecule has 1 aliphatic carbocycles. The van der Waals surface area contributed by atoms with E-state index in [1.54, 1.807) is 0 Å². The minimum atomic E-state index is 0.198. The number of aromatic nitrogens is 3. The molecule has 1 fully saturated rings. The number of carbonyl (C=O) groups is 1. The molecular formula is C21H28N4OS. The Labute approximate surface area is 165 Å². The lowest BCUT2D eigenvalue weighted by molar-refractivity contribution is -0.131. The van der Waals surface area contributed by atoms with Crippen LogP contribution in [0.1, 0.15) is 39.0 Å². The van der Waals surface area contributed by atoms with E-state index in [9.17, 15) is 4.79 Å². The van der Waals surface area contributed by atoms with Gasteiger partial charge < -0.3 is 4.90 Å². The summed E-state index contributed by atoms with van der Waals surface area (Å²) in [6.07, 6.45) is 7.86. The number of carbonyl (C=O) groups excluding carboxylic acids is 1. The van der Waals surface area contributed by atoms with Gasteiger partial charge in [-0.15, -0.1) is 16.8 Å². The quantitative estimate of drug-likeness (QED) is 0.500. The van der Waals surface area contributed by atoms with Gasteiger partial charge in [-0.1, -0.05) is 67.4 Å². The predicted octanol–water partition coefficient (Wildman–Crippen LogP) is 4.40. The van der Waals surface area contributed by atoms with Gasteiger partial charge in [-0.2, -0.15) is 0 Å². The van der Waals surface area contributed by atoms with Crippen LogP contribution in [0.3, 0.4) is 0 Å². The molecule has 1 aromatic heterocycles. The third kappa shape index (κ3) is 4.80. The zero-order chi connectivity index (χ0) is 19.1. The first-order valence-electron chi connectivity index (χ1n) is 9.76. The zero-order valence-electron chi connectivity index (χ0n) is 16.0. The van der Waals surface area contributed by atoms with E-state index in [4.69, 9.17) is 0 Å². The molecule has 3 rings (SSSR count). The summed E-state index contributed by atoms with van der Waals surface area (Å²) < 4.78 is 2.02. The van der Waals surface area contributed by atoms with Gasteiger partial charge >= 0.3 is 0 Å². The first-order valence-corrected chi connectivity index (χ1v) is 10.7. The third-order valence-corrected chi connectivity index (χ3v) is 6.01. The molecule has 1 saturated carbocycles. The van der Waals surface area contributed by atoms with Gasteiger partial charge in [-0.05, 0) is 19.8 Å². The van der Waals surface area contributed by atoms with Crippen LogP contribution in [-0.2, 0) is 11.3 Å². The van der Waals surface area contributed by atoms with E-state index in [2.05, 4.69) is 28.6 Å². The average Bonchev–Trinajstić information content (AvgIpc) is 3.11. The molecule has 1 amide bonds. The molecular weight excluding hydrogens is 356 g/mol. The normalized spacial score (nSPS) is 14.9. The topological polar surface area (TPSA) is 51.0 Å². The van der Waals surface area contributed by atoms with Crippen molar-refractivity contribution >= 4 is 17.7 Å². The van der Waals surface area contributed by atoms with E-state index in [1.807, 2.05) is 41.0 Å². The molecule has 0 radical (unpaired) electrons. The molecule has 0 bridgehead atoms. The largest absolute Gasteiger partial charge is 0.339 e. The van der Waals surface area contributed by atoms with E-state index < -0.39 is 0 Å². The highest BCUT2D eigenvalue weighted by Gasteiger charge is 2.24. The first kappa shape index (κ1) is 19.7. The lowest BCUT2D eigenvalue weighted by atomic mass is 9.94. The molecule has 1 aromatic carbocycles. The number of amides is 1. The summed E-state index contributed by atoms with van der Waals surface area (Å²) in [6, 6.07) is 10.4. The lowest BCUT2D eigenvalue weighted by Crippen LogP contribution is -2.42. The predicted molar refractivity (Wildman–Crippen MR) is 111 cm³/mol. The number of nitrogens with zero attached hydrogens (tertiary/aromatic N) is 4. The van der Waals surface area contributed by atoms with Crippen molar-refractivity contribution in [3.8, 4) is 11.4 Å². The molecule has 0 unspecified atom stereocenters. The van der Waals surface area contributed by atoms with Crippen LogP contribution in [0.2, 0.25) is 0 Å². The van der Waals surface area contributed by atoms with Crippen molar-refractivity contribution in [1.82, 2.24) is 19.7 Å². The summed E-state index contributed by atoms with van der Waals surface area (Å²) in [5.41, 5.74) is 1.02. The Morgan fingerprint density at radius 1 is 1.26 bits per heavy atom. The second-order valence-electron chi connectivity index (χ2n) is 6.83. The van der Waals surface area contributed by atoms with Crippen molar-refractivity contribution in [2.45, 2.75) is 56.8 Å². The van der Waals surface area contributed by atoms with Crippen LogP contribution in [0.4, 0.5) is 0 Å². The number of hydrogen-bond donors (Lipinski definition) is 0. The van der Waals surface area contributed by atoms with E-state index in [1.165, 1.54) is 31.0 Å². The molecule has 0 spiro atoms. The number of thioether (sulfide) groups is 1. The van der Waals surface area contributed by atoms with Gasteiger partial charge in [0.15, 0.2) is 11.0 Å². The van der Waals surface area contributed by atoms with Crippen LogP contribution in [0.5, 0.6) is 0 Å². The molecule has 1 heterocycles. The van der Waals surface area contributed by atoms with Crippen molar-refractivity contribution in [1.29, 1.82) is 0 Å². The molecule has 0 aliphatic heterocycles. The summed E-state index contributed by atoms with van der Waals surface area (Å²) >= 11 is 1.47. The van der Waals surface area contributed by atoms with E-state index in [0.717, 1.165) is 35.9 Å². The zero-order valence-corrected chi connectivity index (χ0v) is 16.8. The molecule has 2 aromatic rings. The maximum absolute atomic E-state index is 12.8. The standard InChI is InChI=1S/C21H28N4OS/c1-3-15-25-20(17-11-7-5-8-12-17)22-23-21(25)27-16-19(26)24(4-2)18-13-9-6-10-14-18/h3,5,7-8,11-12,18H,1,4,6,9-10,13-16H2,2H3. The van der Waals surface area contributed by atoms with Gasteiger partial charge in [0.25, 0.3) is 0 Å². The van der Waals surface area contributed by atoms with E-state index in [0.29, 0.717) is 18.3 Å². The maximum Gasteiger partial charge on any atom is 0.233 e. The molecule has 6 heteroatoms. The Hall–Kier alpha value is -2.08. The number of allylic oxidation sites excluding steroid dienone is 1. The monoisotopic (exact) mass is 384 g/mol. The van der Waals surface area contributed by atoms with Gasteiger partial charge in [-0.3, -0.25) is 9.36 Å². The Bertz CT molecular complexity index is 753. The van der Waals surface area contributed by atoms with Crippen molar-refractivity contribution in [3.05, 3.63) is 43.0 Å². The SMILES string of the molecule is C=CCn1c(SCC(=O)N(CC)C2CCCCC2)nnc1-c1ccccc1. The number of benzene rings is 1. The summed E-state index contributed by atoms with van der Waals surface area (Å²) in [7, 11) is 0. The Morgan fingerprint density at radius 2 is 2.00 bits per heavy atom. The van der Waals surface area contributed by atoms with E-state index in [-0.39, 0.29) is 5.91 Å². The van der Waals surface area contributed by atoms with Crippen LogP contribution in [0.15, 0.2) is 48.1 Å². The van der Waals surface area contributed by atoms with Crippen molar-refractivity contribution in [3.63, 3.8) is 0 Å². The number of rotatable bonds is 8. The van der Waals surface area contributed by atoms with Crippen LogP contribution in [0, 0.1) is 0 Å². The van der Waals surface area contributed by atoms with Gasteiger partial charge in [0.05, 0.1) is 5.75 Å². The van der Waals surface area contributed by atoms with Crippen LogP contribution < -0.4 is 0 Å². The molecule has 0 atom stereocenters. The average molecular weight is 385 g/mol. The van der Waals surface area contributed by atoms with Gasteiger partial charge in [0.1, 0.15) is 0 Å². The van der Waals surface area contributed by atoms with Gasteiger partial charge in [0, 0.05) is 24.7 Å². The highest BCUT2D eigenvalue weighted by molar-refractivity contribution is 7.99. The smallest absolute Gasteiger partial charge is 0.233 e. The highest BCUT2D eigenvalue weighted by Crippen LogP contribution is 2.26. The molecule has 5 nitrogen and oxygen atoms in total. The second-order valence-corrected chi connectivity index (χ2v) is 7.77. The van der Waals surface area contributed by atoms with Gasteiger partial charge in [0.2, 0.25) is 5.91 Å². The fourth-order valence-corrected chi connectivity index (χ4v) is 4.56. The fraction of sp³-hybridized carbons (Fsp3) is 0.476. The second kappa shape index (κ2) is 9.74. The molecule has 0 N–H and O–H groups in total. The number of hydrogen-bond acceptors (Lipinski definition) is 4. The molecule has 144 valence electrons. The maximum atomic E-state index is 12.8.